The third-order valence-electron chi connectivity index (χ3n) is 9.38. The van der Waals surface area contributed by atoms with Gasteiger partial charge in [0.2, 0.25) is 0 Å². The van der Waals surface area contributed by atoms with Crippen molar-refractivity contribution in [3.05, 3.63) is 83.9 Å². The molecule has 2 aliphatic rings. The van der Waals surface area contributed by atoms with Gasteiger partial charge in [0, 0.05) is 47.8 Å². The molecule has 242 valence electrons. The molecule has 6 nitrogen and oxygen atoms in total. The number of fused-ring (bicyclic) bond motifs is 2. The highest BCUT2D eigenvalue weighted by Crippen LogP contribution is 2.35. The highest BCUT2D eigenvalue weighted by atomic mass is 16.5. The van der Waals surface area contributed by atoms with Crippen molar-refractivity contribution < 1.29 is 19.1 Å². The van der Waals surface area contributed by atoms with E-state index in [0.717, 1.165) is 58.4 Å². The third-order valence-corrected chi connectivity index (χ3v) is 9.38. The van der Waals surface area contributed by atoms with Crippen molar-refractivity contribution in [3.8, 4) is 11.1 Å². The van der Waals surface area contributed by atoms with Crippen molar-refractivity contribution in [3.63, 3.8) is 0 Å². The minimum absolute atomic E-state index is 0.104. The summed E-state index contributed by atoms with van der Waals surface area (Å²) in [5.41, 5.74) is 2.82. The van der Waals surface area contributed by atoms with Crippen LogP contribution in [0.25, 0.3) is 32.7 Å². The molecular formula is C40H48N2O4. The Kier molecular flexibility index (Phi) is 8.05. The van der Waals surface area contributed by atoms with Crippen molar-refractivity contribution in [2.75, 3.05) is 0 Å². The maximum absolute atomic E-state index is 13.5. The summed E-state index contributed by atoms with van der Waals surface area (Å²) in [5.74, 6) is -0.564. The molecule has 6 rings (SSSR count). The lowest BCUT2D eigenvalue weighted by Gasteiger charge is -2.45. The molecule has 0 atom stereocenters. The number of piperidine rings is 2. The van der Waals surface area contributed by atoms with Gasteiger partial charge in [-0.05, 0) is 112 Å². The van der Waals surface area contributed by atoms with Crippen LogP contribution in [0, 0.1) is 0 Å². The van der Waals surface area contributed by atoms with Gasteiger partial charge in [0.25, 0.3) is 0 Å². The van der Waals surface area contributed by atoms with Crippen LogP contribution in [0.15, 0.2) is 72.8 Å². The summed E-state index contributed by atoms with van der Waals surface area (Å²) < 4.78 is 12.1. The SMILES string of the molecule is CC1(C)CC(OC(=O)c2ccc3c(-c4ccc5c(C(=O)OC6CC(C)(C)NC(C)(C)C6)cccc5c4)cccc3c2)CC(C)(C)N1. The summed E-state index contributed by atoms with van der Waals surface area (Å²) in [6.07, 6.45) is 2.80. The third kappa shape index (κ3) is 6.98. The molecule has 2 fully saturated rings. The first-order valence-electron chi connectivity index (χ1n) is 16.5. The number of carbonyl (C=O) groups excluding carboxylic acids is 2. The monoisotopic (exact) mass is 620 g/mol. The summed E-state index contributed by atoms with van der Waals surface area (Å²) in [6, 6.07) is 24.0. The van der Waals surface area contributed by atoms with Crippen molar-refractivity contribution >= 4 is 33.5 Å². The molecule has 0 spiro atoms. The molecule has 6 heteroatoms. The van der Waals surface area contributed by atoms with E-state index in [4.69, 9.17) is 9.47 Å². The average Bonchev–Trinajstić information content (AvgIpc) is 2.92. The Morgan fingerprint density at radius 3 is 1.67 bits per heavy atom. The number of esters is 2. The molecule has 0 aliphatic carbocycles. The van der Waals surface area contributed by atoms with Gasteiger partial charge in [0.05, 0.1) is 11.1 Å². The molecule has 0 amide bonds. The van der Waals surface area contributed by atoms with E-state index in [9.17, 15) is 9.59 Å². The molecule has 0 bridgehead atoms. The second-order valence-corrected chi connectivity index (χ2v) is 16.1. The zero-order valence-electron chi connectivity index (χ0n) is 28.5. The molecule has 2 aliphatic heterocycles. The van der Waals surface area contributed by atoms with Gasteiger partial charge in [0.15, 0.2) is 0 Å². The van der Waals surface area contributed by atoms with E-state index in [1.807, 2.05) is 54.6 Å². The number of hydrogen-bond donors (Lipinski definition) is 2. The summed E-state index contributed by atoms with van der Waals surface area (Å²) in [7, 11) is 0. The van der Waals surface area contributed by atoms with Gasteiger partial charge in [-0.15, -0.1) is 0 Å². The molecule has 0 radical (unpaired) electrons. The number of hydrogen-bond acceptors (Lipinski definition) is 6. The van der Waals surface area contributed by atoms with Crippen LogP contribution in [0.2, 0.25) is 0 Å². The molecule has 4 aromatic carbocycles. The van der Waals surface area contributed by atoms with Crippen LogP contribution in [-0.2, 0) is 9.47 Å². The summed E-state index contributed by atoms with van der Waals surface area (Å²) in [5, 5.41) is 11.2. The number of nitrogens with one attached hydrogen (secondary N) is 2. The lowest BCUT2D eigenvalue weighted by atomic mass is 9.81. The summed E-state index contributed by atoms with van der Waals surface area (Å²) >= 11 is 0. The zero-order valence-corrected chi connectivity index (χ0v) is 28.5. The summed E-state index contributed by atoms with van der Waals surface area (Å²) in [4.78, 5) is 26.7. The predicted molar refractivity (Wildman–Crippen MR) is 186 cm³/mol. The van der Waals surface area contributed by atoms with Gasteiger partial charge in [-0.25, -0.2) is 9.59 Å². The van der Waals surface area contributed by atoms with Crippen LogP contribution >= 0.6 is 0 Å². The van der Waals surface area contributed by atoms with Crippen LogP contribution in [0.1, 0.15) is 102 Å². The van der Waals surface area contributed by atoms with Gasteiger partial charge in [0.1, 0.15) is 12.2 Å². The number of ether oxygens (including phenoxy) is 2. The first-order chi connectivity index (χ1) is 21.5. The molecule has 0 unspecified atom stereocenters. The highest BCUT2D eigenvalue weighted by Gasteiger charge is 2.40. The fourth-order valence-electron chi connectivity index (χ4n) is 8.35. The average molecular weight is 621 g/mol. The normalized spacial score (nSPS) is 20.8. The Bertz CT molecular complexity index is 1790. The van der Waals surface area contributed by atoms with Crippen LogP contribution < -0.4 is 10.6 Å². The van der Waals surface area contributed by atoms with E-state index in [1.54, 1.807) is 0 Å². The molecule has 2 heterocycles. The van der Waals surface area contributed by atoms with Gasteiger partial charge >= 0.3 is 11.9 Å². The lowest BCUT2D eigenvalue weighted by Crippen LogP contribution is -2.59. The molecule has 46 heavy (non-hydrogen) atoms. The van der Waals surface area contributed by atoms with E-state index in [0.29, 0.717) is 11.1 Å². The van der Waals surface area contributed by atoms with E-state index in [1.165, 1.54) is 0 Å². The Hall–Kier alpha value is -3.74. The molecule has 2 N–H and O–H groups in total. The first-order valence-corrected chi connectivity index (χ1v) is 16.5. The minimum Gasteiger partial charge on any atom is -0.459 e. The predicted octanol–water partition coefficient (Wildman–Crippen LogP) is 8.59. The number of rotatable bonds is 5. The smallest absolute Gasteiger partial charge is 0.339 e. The lowest BCUT2D eigenvalue weighted by molar-refractivity contribution is -0.00756. The fraction of sp³-hybridized carbons (Fsp3) is 0.450. The van der Waals surface area contributed by atoms with Crippen molar-refractivity contribution in [2.45, 2.75) is 115 Å². The number of carbonyl (C=O) groups is 2. The highest BCUT2D eigenvalue weighted by molar-refractivity contribution is 6.07. The quantitative estimate of drug-likeness (QED) is 0.218. The molecule has 2 saturated heterocycles. The molecule has 0 saturated carbocycles. The zero-order chi connectivity index (χ0) is 33.1. The van der Waals surface area contributed by atoms with E-state index in [2.05, 4.69) is 84.2 Å². The second kappa shape index (κ2) is 11.5. The van der Waals surface area contributed by atoms with Gasteiger partial charge < -0.3 is 20.1 Å². The van der Waals surface area contributed by atoms with Crippen molar-refractivity contribution in [2.24, 2.45) is 0 Å². The van der Waals surface area contributed by atoms with Gasteiger partial charge in [-0.2, -0.15) is 0 Å². The van der Waals surface area contributed by atoms with Crippen molar-refractivity contribution in [1.29, 1.82) is 0 Å². The fourth-order valence-corrected chi connectivity index (χ4v) is 8.35. The molecule has 4 aromatic rings. The standard InChI is InChI=1S/C40H48N2O4/c1-37(2)21-29(22-38(3,4)41-37)45-35(43)28-16-18-32-26(20-28)11-9-13-31(32)27-15-17-33-25(19-27)12-10-14-34(33)36(44)46-30-23-39(5,6)42-40(7,8)24-30/h9-20,29-30,41-42H,21-24H2,1-8H3. The van der Waals surface area contributed by atoms with E-state index < -0.39 is 0 Å². The second-order valence-electron chi connectivity index (χ2n) is 16.1. The van der Waals surface area contributed by atoms with Crippen molar-refractivity contribution in [1.82, 2.24) is 10.6 Å². The summed E-state index contributed by atoms with van der Waals surface area (Å²) in [6.45, 7) is 17.2. The Balaban J connectivity index is 1.24. The molecule has 0 aromatic heterocycles. The van der Waals surface area contributed by atoms with Gasteiger partial charge in [-0.1, -0.05) is 48.5 Å². The minimum atomic E-state index is -0.285. The van der Waals surface area contributed by atoms with Crippen LogP contribution in [-0.4, -0.2) is 46.3 Å². The van der Waals surface area contributed by atoms with Crippen LogP contribution in [0.5, 0.6) is 0 Å². The number of benzene rings is 4. The Labute approximate surface area is 273 Å². The Morgan fingerprint density at radius 1 is 0.587 bits per heavy atom. The van der Waals surface area contributed by atoms with E-state index in [-0.39, 0.29) is 46.3 Å². The van der Waals surface area contributed by atoms with Crippen LogP contribution in [0.4, 0.5) is 0 Å². The maximum Gasteiger partial charge on any atom is 0.339 e. The Morgan fingerprint density at radius 2 is 1.09 bits per heavy atom. The maximum atomic E-state index is 13.5. The molecular weight excluding hydrogens is 572 g/mol. The topological polar surface area (TPSA) is 76.7 Å². The largest absolute Gasteiger partial charge is 0.459 e. The van der Waals surface area contributed by atoms with Gasteiger partial charge in [-0.3, -0.25) is 0 Å². The van der Waals surface area contributed by atoms with E-state index >= 15 is 0 Å². The van der Waals surface area contributed by atoms with Crippen LogP contribution in [0.3, 0.4) is 0 Å². The first kappa shape index (κ1) is 32.2.